The van der Waals surface area contributed by atoms with Crippen molar-refractivity contribution in [3.05, 3.63) is 65.2 Å². The van der Waals surface area contributed by atoms with Gasteiger partial charge in [-0.1, -0.05) is 37.6 Å². The molecule has 2 rings (SSSR count). The Morgan fingerprint density at radius 2 is 1.89 bits per heavy atom. The van der Waals surface area contributed by atoms with Gasteiger partial charge in [0.05, 0.1) is 17.9 Å². The summed E-state index contributed by atoms with van der Waals surface area (Å²) in [7, 11) is 0. The molecule has 0 unspecified atom stereocenters. The standard InChI is InChI=1S/C21H21N3O3/c1-2-3-12-27-17-10-8-15(9-11-17)13-16(14-22)21(26)24-19-7-5-4-6-18(19)20(23)25/h4-11,13H,2-3,12H2,1H3,(H2,23,25)(H,24,26)/b16-13+. The predicted octanol–water partition coefficient (Wildman–Crippen LogP) is 3.51. The van der Waals surface area contributed by atoms with Crippen LogP contribution in [0.2, 0.25) is 0 Å². The monoisotopic (exact) mass is 363 g/mol. The van der Waals surface area contributed by atoms with E-state index in [-0.39, 0.29) is 16.8 Å². The third-order valence-electron chi connectivity index (χ3n) is 3.76. The average Bonchev–Trinajstić information content (AvgIpc) is 2.67. The Morgan fingerprint density at radius 3 is 2.52 bits per heavy atom. The van der Waals surface area contributed by atoms with Crippen LogP contribution in [0.4, 0.5) is 5.69 Å². The fraction of sp³-hybridized carbons (Fsp3) is 0.190. The highest BCUT2D eigenvalue weighted by atomic mass is 16.5. The molecule has 6 nitrogen and oxygen atoms in total. The first-order valence-corrected chi connectivity index (χ1v) is 8.60. The molecule has 138 valence electrons. The Hall–Kier alpha value is -3.59. The minimum absolute atomic E-state index is 0.0890. The van der Waals surface area contributed by atoms with Crippen LogP contribution >= 0.6 is 0 Å². The topological polar surface area (TPSA) is 105 Å². The van der Waals surface area contributed by atoms with Crippen LogP contribution in [0.5, 0.6) is 5.75 Å². The van der Waals surface area contributed by atoms with Crippen molar-refractivity contribution in [1.29, 1.82) is 5.26 Å². The maximum absolute atomic E-state index is 12.4. The lowest BCUT2D eigenvalue weighted by molar-refractivity contribution is -0.112. The number of amides is 2. The van der Waals surface area contributed by atoms with Gasteiger partial charge in [0.25, 0.3) is 11.8 Å². The highest BCUT2D eigenvalue weighted by molar-refractivity contribution is 6.12. The molecular weight excluding hydrogens is 342 g/mol. The number of para-hydroxylation sites is 1. The van der Waals surface area contributed by atoms with Gasteiger partial charge < -0.3 is 15.8 Å². The third-order valence-corrected chi connectivity index (χ3v) is 3.76. The molecule has 2 aromatic carbocycles. The molecule has 6 heteroatoms. The fourth-order valence-electron chi connectivity index (χ4n) is 2.31. The number of rotatable bonds is 8. The van der Waals surface area contributed by atoms with Crippen molar-refractivity contribution < 1.29 is 14.3 Å². The first kappa shape index (κ1) is 19.7. The minimum Gasteiger partial charge on any atom is -0.494 e. The van der Waals surface area contributed by atoms with E-state index in [1.165, 1.54) is 12.1 Å². The van der Waals surface area contributed by atoms with Crippen LogP contribution in [0.25, 0.3) is 6.08 Å². The van der Waals surface area contributed by atoms with Crippen molar-refractivity contribution in [3.8, 4) is 11.8 Å². The maximum atomic E-state index is 12.4. The predicted molar refractivity (Wildman–Crippen MR) is 104 cm³/mol. The molecule has 0 heterocycles. The van der Waals surface area contributed by atoms with Gasteiger partial charge in [-0.3, -0.25) is 9.59 Å². The molecule has 3 N–H and O–H groups in total. The van der Waals surface area contributed by atoms with Crippen LogP contribution in [0.3, 0.4) is 0 Å². The zero-order valence-corrected chi connectivity index (χ0v) is 15.1. The largest absolute Gasteiger partial charge is 0.494 e. The number of unbranched alkanes of at least 4 members (excludes halogenated alkanes) is 1. The molecule has 0 bridgehead atoms. The Labute approximate surface area is 158 Å². The molecular formula is C21H21N3O3. The number of hydrogen-bond donors (Lipinski definition) is 2. The summed E-state index contributed by atoms with van der Waals surface area (Å²) in [6.07, 6.45) is 3.51. The van der Waals surface area contributed by atoms with E-state index >= 15 is 0 Å². The minimum atomic E-state index is -0.660. The summed E-state index contributed by atoms with van der Waals surface area (Å²) in [4.78, 5) is 23.8. The second-order valence-electron chi connectivity index (χ2n) is 5.80. The highest BCUT2D eigenvalue weighted by Gasteiger charge is 2.13. The number of nitriles is 1. The smallest absolute Gasteiger partial charge is 0.266 e. The normalized spacial score (nSPS) is 10.7. The highest BCUT2D eigenvalue weighted by Crippen LogP contribution is 2.18. The number of ether oxygens (including phenoxy) is 1. The first-order chi connectivity index (χ1) is 13.0. The van der Waals surface area contributed by atoms with E-state index in [9.17, 15) is 14.9 Å². The Balaban J connectivity index is 2.13. The van der Waals surface area contributed by atoms with Gasteiger partial charge in [0, 0.05) is 0 Å². The Morgan fingerprint density at radius 1 is 1.19 bits per heavy atom. The van der Waals surface area contributed by atoms with E-state index in [1.54, 1.807) is 42.5 Å². The van der Waals surface area contributed by atoms with E-state index < -0.39 is 11.8 Å². The number of benzene rings is 2. The lowest BCUT2D eigenvalue weighted by atomic mass is 10.1. The zero-order chi connectivity index (χ0) is 19.6. The molecule has 27 heavy (non-hydrogen) atoms. The van der Waals surface area contributed by atoms with Crippen molar-refractivity contribution in [2.75, 3.05) is 11.9 Å². The molecule has 0 spiro atoms. The van der Waals surface area contributed by atoms with Crippen molar-refractivity contribution in [2.45, 2.75) is 19.8 Å². The number of primary amides is 1. The van der Waals surface area contributed by atoms with Gasteiger partial charge in [0.1, 0.15) is 17.4 Å². The SMILES string of the molecule is CCCCOc1ccc(/C=C(\C#N)C(=O)Nc2ccccc2C(N)=O)cc1. The number of nitrogens with two attached hydrogens (primary N) is 1. The lowest BCUT2D eigenvalue weighted by Crippen LogP contribution is -2.19. The van der Waals surface area contributed by atoms with Gasteiger partial charge in [0.15, 0.2) is 0 Å². The Kier molecular flexibility index (Phi) is 7.15. The van der Waals surface area contributed by atoms with Gasteiger partial charge in [-0.15, -0.1) is 0 Å². The van der Waals surface area contributed by atoms with Crippen molar-refractivity contribution in [3.63, 3.8) is 0 Å². The second kappa shape index (κ2) is 9.78. The second-order valence-corrected chi connectivity index (χ2v) is 5.80. The number of nitrogens with zero attached hydrogens (tertiary/aromatic N) is 1. The summed E-state index contributed by atoms with van der Waals surface area (Å²) in [5.41, 5.74) is 6.33. The van der Waals surface area contributed by atoms with Crippen LogP contribution in [-0.4, -0.2) is 18.4 Å². The van der Waals surface area contributed by atoms with Gasteiger partial charge >= 0.3 is 0 Å². The first-order valence-electron chi connectivity index (χ1n) is 8.60. The summed E-state index contributed by atoms with van der Waals surface area (Å²) < 4.78 is 5.59. The fourth-order valence-corrected chi connectivity index (χ4v) is 2.31. The molecule has 0 radical (unpaired) electrons. The molecule has 0 aliphatic heterocycles. The molecule has 2 aromatic rings. The van der Waals surface area contributed by atoms with Crippen molar-refractivity contribution in [2.24, 2.45) is 5.73 Å². The number of carbonyl (C=O) groups excluding carboxylic acids is 2. The van der Waals surface area contributed by atoms with Crippen LogP contribution in [0, 0.1) is 11.3 Å². The molecule has 0 aromatic heterocycles. The van der Waals surface area contributed by atoms with Crippen LogP contribution in [-0.2, 0) is 4.79 Å². The van der Waals surface area contributed by atoms with Gasteiger partial charge in [-0.2, -0.15) is 5.26 Å². The quantitative estimate of drug-likeness (QED) is 0.425. The summed E-state index contributed by atoms with van der Waals surface area (Å²) in [5.74, 6) is -0.541. The summed E-state index contributed by atoms with van der Waals surface area (Å²) >= 11 is 0. The van der Waals surface area contributed by atoms with Crippen LogP contribution in [0.1, 0.15) is 35.7 Å². The molecule has 0 saturated heterocycles. The van der Waals surface area contributed by atoms with Gasteiger partial charge in [-0.05, 0) is 42.3 Å². The van der Waals surface area contributed by atoms with E-state index in [1.807, 2.05) is 6.07 Å². The van der Waals surface area contributed by atoms with Gasteiger partial charge in [-0.25, -0.2) is 0 Å². The zero-order valence-electron chi connectivity index (χ0n) is 15.1. The van der Waals surface area contributed by atoms with E-state index in [0.717, 1.165) is 18.6 Å². The van der Waals surface area contributed by atoms with Gasteiger partial charge in [0.2, 0.25) is 0 Å². The number of anilines is 1. The third kappa shape index (κ3) is 5.72. The summed E-state index contributed by atoms with van der Waals surface area (Å²) in [5, 5.41) is 11.9. The average molecular weight is 363 g/mol. The molecule has 0 aliphatic rings. The van der Waals surface area contributed by atoms with Crippen LogP contribution < -0.4 is 15.8 Å². The molecule has 0 fully saturated rings. The lowest BCUT2D eigenvalue weighted by Gasteiger charge is -2.08. The Bertz CT molecular complexity index is 880. The summed E-state index contributed by atoms with van der Waals surface area (Å²) in [6, 6.07) is 15.3. The van der Waals surface area contributed by atoms with Crippen molar-refractivity contribution in [1.82, 2.24) is 0 Å². The van der Waals surface area contributed by atoms with E-state index in [2.05, 4.69) is 12.2 Å². The van der Waals surface area contributed by atoms with E-state index in [0.29, 0.717) is 12.2 Å². The number of nitrogens with one attached hydrogen (secondary N) is 1. The molecule has 0 aliphatic carbocycles. The molecule has 0 saturated carbocycles. The summed E-state index contributed by atoms with van der Waals surface area (Å²) in [6.45, 7) is 2.74. The number of hydrogen-bond acceptors (Lipinski definition) is 4. The number of carbonyl (C=O) groups is 2. The molecule has 2 amide bonds. The van der Waals surface area contributed by atoms with Crippen LogP contribution in [0.15, 0.2) is 54.1 Å². The van der Waals surface area contributed by atoms with Crippen molar-refractivity contribution >= 4 is 23.6 Å². The van der Waals surface area contributed by atoms with E-state index in [4.69, 9.17) is 10.5 Å². The molecule has 0 atom stereocenters. The maximum Gasteiger partial charge on any atom is 0.266 e.